The maximum absolute atomic E-state index is 4.72. The number of aryl methyl sites for hydroxylation is 2. The summed E-state index contributed by atoms with van der Waals surface area (Å²) < 4.78 is 2.19. The van der Waals surface area contributed by atoms with Gasteiger partial charge < -0.3 is 0 Å². The van der Waals surface area contributed by atoms with Crippen molar-refractivity contribution in [3.05, 3.63) is 29.1 Å². The van der Waals surface area contributed by atoms with Gasteiger partial charge in [0.05, 0.1) is 11.2 Å². The van der Waals surface area contributed by atoms with E-state index in [9.17, 15) is 0 Å². The van der Waals surface area contributed by atoms with E-state index in [4.69, 9.17) is 4.98 Å². The first-order chi connectivity index (χ1) is 7.93. The highest BCUT2D eigenvalue weighted by molar-refractivity contribution is 5.62. The van der Waals surface area contributed by atoms with Crippen molar-refractivity contribution in [2.75, 3.05) is 0 Å². The maximum atomic E-state index is 4.72. The van der Waals surface area contributed by atoms with Crippen molar-refractivity contribution in [1.82, 2.24) is 14.4 Å². The fourth-order valence-corrected chi connectivity index (χ4v) is 2.33. The van der Waals surface area contributed by atoms with Gasteiger partial charge >= 0.3 is 0 Å². The first-order valence-electron chi connectivity index (χ1n) is 6.28. The average molecular weight is 231 g/mol. The Hall–Kier alpha value is -1.38. The smallest absolute Gasteiger partial charge is 0.111 e. The normalized spacial score (nSPS) is 12.0. The molecule has 0 saturated heterocycles. The Balaban J connectivity index is 2.90. The topological polar surface area (TPSA) is 30.2 Å². The third-order valence-corrected chi connectivity index (χ3v) is 3.23. The zero-order valence-electron chi connectivity index (χ0n) is 11.6. The molecule has 92 valence electrons. The van der Waals surface area contributed by atoms with E-state index >= 15 is 0 Å². The molecule has 0 amide bonds. The van der Waals surface area contributed by atoms with E-state index in [-0.39, 0.29) is 0 Å². The lowest BCUT2D eigenvalue weighted by molar-refractivity contribution is 0.820. The summed E-state index contributed by atoms with van der Waals surface area (Å²) in [6.45, 7) is 12.9. The van der Waals surface area contributed by atoms with Gasteiger partial charge in [-0.1, -0.05) is 27.7 Å². The van der Waals surface area contributed by atoms with Crippen molar-refractivity contribution < 1.29 is 0 Å². The number of imidazole rings is 1. The second-order valence-corrected chi connectivity index (χ2v) is 5.30. The van der Waals surface area contributed by atoms with E-state index in [1.807, 2.05) is 13.1 Å². The van der Waals surface area contributed by atoms with Crippen molar-refractivity contribution in [3.8, 4) is 0 Å². The lowest BCUT2D eigenvalue weighted by Gasteiger charge is -2.12. The Morgan fingerprint density at radius 3 is 2.18 bits per heavy atom. The van der Waals surface area contributed by atoms with E-state index < -0.39 is 0 Å². The summed E-state index contributed by atoms with van der Waals surface area (Å²) in [4.78, 5) is 9.20. The predicted molar refractivity (Wildman–Crippen MR) is 70.6 cm³/mol. The van der Waals surface area contributed by atoms with E-state index in [0.717, 1.165) is 11.6 Å². The number of fused-ring (bicyclic) bond motifs is 1. The number of nitrogens with zero attached hydrogens (tertiary/aromatic N) is 3. The highest BCUT2D eigenvalue weighted by atomic mass is 15.1. The van der Waals surface area contributed by atoms with Crippen LogP contribution < -0.4 is 0 Å². The lowest BCUT2D eigenvalue weighted by Crippen LogP contribution is -2.03. The second-order valence-electron chi connectivity index (χ2n) is 5.30. The number of hydrogen-bond acceptors (Lipinski definition) is 2. The second kappa shape index (κ2) is 4.13. The van der Waals surface area contributed by atoms with Gasteiger partial charge in [-0.05, 0) is 31.2 Å². The minimum Gasteiger partial charge on any atom is -0.284 e. The van der Waals surface area contributed by atoms with Gasteiger partial charge in [0.1, 0.15) is 11.6 Å². The maximum Gasteiger partial charge on any atom is 0.111 e. The molecule has 2 aromatic rings. The van der Waals surface area contributed by atoms with E-state index in [1.165, 1.54) is 16.8 Å². The van der Waals surface area contributed by atoms with Crippen molar-refractivity contribution in [2.24, 2.45) is 0 Å². The molecule has 0 spiro atoms. The summed E-state index contributed by atoms with van der Waals surface area (Å²) >= 11 is 0. The molecule has 0 bridgehead atoms. The van der Waals surface area contributed by atoms with Crippen molar-refractivity contribution in [1.29, 1.82) is 0 Å². The summed E-state index contributed by atoms with van der Waals surface area (Å²) in [5, 5.41) is 0. The van der Waals surface area contributed by atoms with Gasteiger partial charge in [-0.3, -0.25) is 4.40 Å². The summed E-state index contributed by atoms with van der Waals surface area (Å²) in [7, 11) is 0. The minimum absolute atomic E-state index is 0.443. The molecule has 0 unspecified atom stereocenters. The van der Waals surface area contributed by atoms with Crippen LogP contribution in [0.5, 0.6) is 0 Å². The molecule has 2 heterocycles. The van der Waals surface area contributed by atoms with Gasteiger partial charge in [-0.25, -0.2) is 9.97 Å². The van der Waals surface area contributed by atoms with Gasteiger partial charge in [0.2, 0.25) is 0 Å². The molecular weight excluding hydrogens is 210 g/mol. The van der Waals surface area contributed by atoms with Crippen LogP contribution in [-0.2, 0) is 0 Å². The van der Waals surface area contributed by atoms with Crippen LogP contribution in [0, 0.1) is 13.8 Å². The van der Waals surface area contributed by atoms with Crippen LogP contribution in [0.3, 0.4) is 0 Å². The number of aromatic nitrogens is 3. The Kier molecular flexibility index (Phi) is 2.94. The quantitative estimate of drug-likeness (QED) is 0.790. The van der Waals surface area contributed by atoms with Crippen molar-refractivity contribution in [3.63, 3.8) is 0 Å². The average Bonchev–Trinajstić information content (AvgIpc) is 2.57. The summed E-state index contributed by atoms with van der Waals surface area (Å²) in [6, 6.07) is 0. The molecule has 0 N–H and O–H groups in total. The van der Waals surface area contributed by atoms with Crippen LogP contribution in [0.4, 0.5) is 0 Å². The van der Waals surface area contributed by atoms with Gasteiger partial charge in [0.15, 0.2) is 0 Å². The molecule has 0 aliphatic heterocycles. The highest BCUT2D eigenvalue weighted by Crippen LogP contribution is 2.28. The molecule has 0 aliphatic rings. The van der Waals surface area contributed by atoms with Crippen molar-refractivity contribution in [2.45, 2.75) is 53.4 Å². The van der Waals surface area contributed by atoms with Crippen LogP contribution in [0.2, 0.25) is 0 Å². The predicted octanol–water partition coefficient (Wildman–Crippen LogP) is 3.59. The molecule has 0 atom stereocenters. The zero-order chi connectivity index (χ0) is 12.7. The van der Waals surface area contributed by atoms with E-state index in [2.05, 4.69) is 44.0 Å². The fraction of sp³-hybridized carbons (Fsp3) is 0.571. The SMILES string of the molecule is Cc1ncc(C(C)C)c2c(C(C)C)nc(C)n12. The molecule has 17 heavy (non-hydrogen) atoms. The minimum atomic E-state index is 0.443. The molecule has 3 nitrogen and oxygen atoms in total. The Morgan fingerprint density at radius 2 is 1.65 bits per heavy atom. The molecule has 0 aromatic carbocycles. The monoisotopic (exact) mass is 231 g/mol. The van der Waals surface area contributed by atoms with Crippen LogP contribution >= 0.6 is 0 Å². The first kappa shape index (κ1) is 12.1. The van der Waals surface area contributed by atoms with Crippen LogP contribution in [-0.4, -0.2) is 14.4 Å². The summed E-state index contributed by atoms with van der Waals surface area (Å²) in [6.07, 6.45) is 2.00. The first-order valence-corrected chi connectivity index (χ1v) is 6.28. The van der Waals surface area contributed by atoms with E-state index in [1.54, 1.807) is 0 Å². The molecule has 3 heteroatoms. The highest BCUT2D eigenvalue weighted by Gasteiger charge is 2.18. The molecule has 2 rings (SSSR count). The molecule has 2 aromatic heterocycles. The Bertz CT molecular complexity index is 550. The fourth-order valence-electron chi connectivity index (χ4n) is 2.33. The van der Waals surface area contributed by atoms with Crippen LogP contribution in [0.15, 0.2) is 6.20 Å². The van der Waals surface area contributed by atoms with Gasteiger partial charge in [0.25, 0.3) is 0 Å². The van der Waals surface area contributed by atoms with Crippen LogP contribution in [0.25, 0.3) is 5.52 Å². The van der Waals surface area contributed by atoms with Crippen LogP contribution in [0.1, 0.15) is 62.4 Å². The third-order valence-electron chi connectivity index (χ3n) is 3.23. The van der Waals surface area contributed by atoms with Gasteiger partial charge in [-0.2, -0.15) is 0 Å². The molecule has 0 saturated carbocycles. The van der Waals surface area contributed by atoms with Crippen molar-refractivity contribution >= 4 is 5.52 Å². The Labute approximate surface area is 103 Å². The van der Waals surface area contributed by atoms with Gasteiger partial charge in [0, 0.05) is 6.20 Å². The lowest BCUT2D eigenvalue weighted by atomic mass is 10.0. The molecule has 0 aliphatic carbocycles. The molecule has 0 fully saturated rings. The standard InChI is InChI=1S/C14H21N3/c1-8(2)12-7-15-10(5)17-11(6)16-13(9(3)4)14(12)17/h7-9H,1-6H3. The number of rotatable bonds is 2. The summed E-state index contributed by atoms with van der Waals surface area (Å²) in [5.74, 6) is 2.97. The van der Waals surface area contributed by atoms with Gasteiger partial charge in [-0.15, -0.1) is 0 Å². The molecule has 0 radical (unpaired) electrons. The van der Waals surface area contributed by atoms with E-state index in [0.29, 0.717) is 11.8 Å². The largest absolute Gasteiger partial charge is 0.284 e. The third kappa shape index (κ3) is 1.84. The summed E-state index contributed by atoms with van der Waals surface area (Å²) in [5.41, 5.74) is 3.75. The number of hydrogen-bond donors (Lipinski definition) is 0. The zero-order valence-corrected chi connectivity index (χ0v) is 11.6. The Morgan fingerprint density at radius 1 is 1.00 bits per heavy atom. The molecular formula is C14H21N3.